The molecule has 0 amide bonds. The molecule has 2 saturated heterocycles. The fourth-order valence-electron chi connectivity index (χ4n) is 7.63. The highest BCUT2D eigenvalue weighted by molar-refractivity contribution is 6.04. The Balaban J connectivity index is 1.35. The summed E-state index contributed by atoms with van der Waals surface area (Å²) in [6.45, 7) is 1.12. The predicted molar refractivity (Wildman–Crippen MR) is 177 cm³/mol. The van der Waals surface area contributed by atoms with Crippen LogP contribution < -0.4 is 14.4 Å². The van der Waals surface area contributed by atoms with Gasteiger partial charge in [-0.05, 0) is 48.5 Å². The van der Waals surface area contributed by atoms with E-state index in [4.69, 9.17) is 20.9 Å². The maximum atomic E-state index is 17.1. The molecule has 8 rings (SSSR count). The van der Waals surface area contributed by atoms with Crippen LogP contribution in [-0.2, 0) is 6.54 Å². The van der Waals surface area contributed by atoms with Crippen molar-refractivity contribution in [2.24, 2.45) is 0 Å². The minimum atomic E-state index is -0.974. The number of aromatic nitrogens is 3. The van der Waals surface area contributed by atoms with Crippen LogP contribution in [0.4, 0.5) is 19.0 Å². The van der Waals surface area contributed by atoms with Gasteiger partial charge in [-0.2, -0.15) is 9.97 Å². The molecule has 12 heteroatoms. The Labute approximate surface area is 279 Å². The summed E-state index contributed by atoms with van der Waals surface area (Å²) in [5, 5.41) is 21.9. The summed E-state index contributed by atoms with van der Waals surface area (Å²) in [6.07, 6.45) is 6.71. The van der Waals surface area contributed by atoms with Crippen molar-refractivity contribution in [3.63, 3.8) is 0 Å². The molecular weight excluding hydrogens is 635 g/mol. The molecule has 0 bridgehead atoms. The second-order valence-corrected chi connectivity index (χ2v) is 12.9. The number of alkyl halides is 1. The second kappa shape index (κ2) is 12.1. The Hall–Kier alpha value is -5.12. The normalized spacial score (nSPS) is 21.8. The lowest BCUT2D eigenvalue weighted by Crippen LogP contribution is -2.43. The molecule has 2 aromatic heterocycles. The summed E-state index contributed by atoms with van der Waals surface area (Å²) >= 11 is 0. The number of phenols is 1. The van der Waals surface area contributed by atoms with E-state index in [9.17, 15) is 19.0 Å². The van der Waals surface area contributed by atoms with Gasteiger partial charge in [-0.25, -0.2) is 18.2 Å². The van der Waals surface area contributed by atoms with Crippen molar-refractivity contribution in [1.29, 1.82) is 0 Å². The van der Waals surface area contributed by atoms with Gasteiger partial charge < -0.3 is 24.6 Å². The molecule has 0 spiro atoms. The van der Waals surface area contributed by atoms with Crippen molar-refractivity contribution in [3.05, 3.63) is 77.4 Å². The standard InChI is InChI=1S/C37H32F3N5O4/c1-2-26-28(39)10-9-22-13-25(47)14-27(29(22)26)32-31(40)33-30-34(43-36(42-33)49-20-37-11-6-12-44(37)17-23(38)15-37)45(16-21-7-4-3-5-8-21)24(18-46)19-48-35(30)41-32/h1,3-5,7-10,13-14,23-24,46-47H,6,11-12,15-20H2/t23-,24+,37+/m1/s1. The molecule has 0 unspecified atom stereocenters. The topological polar surface area (TPSA) is 104 Å². The second-order valence-electron chi connectivity index (χ2n) is 12.9. The third kappa shape index (κ3) is 5.25. The zero-order valence-electron chi connectivity index (χ0n) is 26.4. The van der Waals surface area contributed by atoms with Crippen molar-refractivity contribution in [2.45, 2.75) is 43.6 Å². The Morgan fingerprint density at radius 2 is 1.92 bits per heavy atom. The summed E-state index contributed by atoms with van der Waals surface area (Å²) in [5.41, 5.74) is -0.175. The van der Waals surface area contributed by atoms with E-state index < -0.39 is 29.4 Å². The fraction of sp³-hybridized carbons (Fsp3) is 0.324. The molecule has 5 heterocycles. The lowest BCUT2D eigenvalue weighted by atomic mass is 9.95. The Morgan fingerprint density at radius 3 is 2.71 bits per heavy atom. The van der Waals surface area contributed by atoms with Gasteiger partial charge in [0.1, 0.15) is 53.4 Å². The lowest BCUT2D eigenvalue weighted by Gasteiger charge is -2.32. The minimum Gasteiger partial charge on any atom is -0.508 e. The van der Waals surface area contributed by atoms with E-state index in [1.54, 1.807) is 0 Å². The highest BCUT2D eigenvalue weighted by atomic mass is 19.1. The van der Waals surface area contributed by atoms with Crippen LogP contribution in [0.3, 0.4) is 0 Å². The third-order valence-electron chi connectivity index (χ3n) is 9.93. The van der Waals surface area contributed by atoms with Crippen molar-refractivity contribution in [2.75, 3.05) is 37.8 Å². The van der Waals surface area contributed by atoms with Gasteiger partial charge in [0.2, 0.25) is 5.88 Å². The number of hydrogen-bond donors (Lipinski definition) is 2. The van der Waals surface area contributed by atoms with E-state index in [0.717, 1.165) is 24.9 Å². The molecule has 0 saturated carbocycles. The summed E-state index contributed by atoms with van der Waals surface area (Å²) in [4.78, 5) is 17.8. The predicted octanol–water partition coefficient (Wildman–Crippen LogP) is 5.53. The highest BCUT2D eigenvalue weighted by Crippen LogP contribution is 2.44. The van der Waals surface area contributed by atoms with Crippen molar-refractivity contribution in [1.82, 2.24) is 19.9 Å². The van der Waals surface area contributed by atoms with Gasteiger partial charge in [0, 0.05) is 30.5 Å². The lowest BCUT2D eigenvalue weighted by molar-refractivity contribution is 0.107. The highest BCUT2D eigenvalue weighted by Gasteiger charge is 2.49. The summed E-state index contributed by atoms with van der Waals surface area (Å²) < 4.78 is 59.1. The van der Waals surface area contributed by atoms with Gasteiger partial charge >= 0.3 is 6.01 Å². The van der Waals surface area contributed by atoms with Crippen molar-refractivity contribution in [3.8, 4) is 41.2 Å². The first-order valence-electron chi connectivity index (χ1n) is 16.2. The molecule has 2 fully saturated rings. The molecule has 3 aliphatic rings. The maximum absolute atomic E-state index is 17.1. The first-order valence-corrected chi connectivity index (χ1v) is 16.2. The number of nitrogens with zero attached hydrogens (tertiary/aromatic N) is 5. The number of hydrogen-bond acceptors (Lipinski definition) is 9. The van der Waals surface area contributed by atoms with Gasteiger partial charge in [0.15, 0.2) is 5.82 Å². The number of anilines is 1. The summed E-state index contributed by atoms with van der Waals surface area (Å²) in [7, 11) is 0. The zero-order chi connectivity index (χ0) is 33.9. The molecule has 9 nitrogen and oxygen atoms in total. The van der Waals surface area contributed by atoms with Crippen molar-refractivity contribution < 1.29 is 32.9 Å². The molecule has 0 aliphatic carbocycles. The minimum absolute atomic E-state index is 0.0197. The van der Waals surface area contributed by atoms with Crippen LogP contribution in [0.5, 0.6) is 17.6 Å². The van der Waals surface area contributed by atoms with E-state index in [1.165, 1.54) is 24.3 Å². The number of ether oxygens (including phenoxy) is 2. The first kappa shape index (κ1) is 31.2. The number of benzene rings is 3. The molecule has 3 aromatic carbocycles. The summed E-state index contributed by atoms with van der Waals surface area (Å²) in [6, 6.07) is 14.1. The number of halogens is 3. The van der Waals surface area contributed by atoms with Gasteiger partial charge in [-0.15, -0.1) is 6.42 Å². The van der Waals surface area contributed by atoms with E-state index in [2.05, 4.69) is 20.8 Å². The average molecular weight is 668 g/mol. The number of pyridine rings is 1. The quantitative estimate of drug-likeness (QED) is 0.217. The number of terminal acetylenes is 1. The number of aliphatic hydroxyl groups excluding tert-OH is 1. The smallest absolute Gasteiger partial charge is 0.319 e. The van der Waals surface area contributed by atoms with E-state index in [0.29, 0.717) is 18.4 Å². The molecule has 3 atom stereocenters. The van der Waals surface area contributed by atoms with Crippen LogP contribution in [0.1, 0.15) is 30.4 Å². The number of rotatable bonds is 7. The number of fused-ring (bicyclic) bond motifs is 2. The Bertz CT molecular complexity index is 2150. The third-order valence-corrected chi connectivity index (χ3v) is 9.93. The fourth-order valence-corrected chi connectivity index (χ4v) is 7.63. The number of aliphatic hydroxyl groups is 1. The summed E-state index contributed by atoms with van der Waals surface area (Å²) in [5.74, 6) is 0.762. The number of phenolic OH excluding ortho intramolecular Hbond substituents is 1. The van der Waals surface area contributed by atoms with Gasteiger partial charge in [0.05, 0.1) is 23.8 Å². The van der Waals surface area contributed by atoms with Crippen LogP contribution in [0, 0.1) is 24.0 Å². The average Bonchev–Trinajstić information content (AvgIpc) is 3.58. The Morgan fingerprint density at radius 1 is 1.08 bits per heavy atom. The van der Waals surface area contributed by atoms with Crippen LogP contribution in [-0.4, -0.2) is 80.7 Å². The van der Waals surface area contributed by atoms with Crippen LogP contribution >= 0.6 is 0 Å². The first-order chi connectivity index (χ1) is 23.8. The molecule has 49 heavy (non-hydrogen) atoms. The molecule has 250 valence electrons. The van der Waals surface area contributed by atoms with E-state index >= 15 is 4.39 Å². The number of aromatic hydroxyl groups is 1. The molecule has 5 aromatic rings. The van der Waals surface area contributed by atoms with E-state index in [1.807, 2.05) is 35.2 Å². The molecule has 3 aliphatic heterocycles. The van der Waals surface area contributed by atoms with E-state index in [-0.39, 0.29) is 82.9 Å². The largest absolute Gasteiger partial charge is 0.508 e. The van der Waals surface area contributed by atoms with Gasteiger partial charge in [-0.1, -0.05) is 42.3 Å². The molecule has 0 radical (unpaired) electrons. The maximum Gasteiger partial charge on any atom is 0.319 e. The van der Waals surface area contributed by atoms with Crippen molar-refractivity contribution >= 4 is 27.5 Å². The molecule has 2 N–H and O–H groups in total. The van der Waals surface area contributed by atoms with Gasteiger partial charge in [0.25, 0.3) is 0 Å². The SMILES string of the molecule is C#Cc1c(F)ccc2cc(O)cc(-c3nc4c5c(nc(OC[C@@]67CCCN6C[C@H](F)C7)nc5c3F)N(Cc3ccccc3)[C@@H](CO)CO4)c12. The Kier molecular flexibility index (Phi) is 7.69. The van der Waals surface area contributed by atoms with Crippen LogP contribution in [0.15, 0.2) is 54.6 Å². The van der Waals surface area contributed by atoms with Gasteiger partial charge in [-0.3, -0.25) is 4.90 Å². The van der Waals surface area contributed by atoms with Crippen LogP contribution in [0.2, 0.25) is 0 Å². The zero-order valence-corrected chi connectivity index (χ0v) is 26.4. The molecular formula is C37H32F3N5O4. The monoisotopic (exact) mass is 667 g/mol. The van der Waals surface area contributed by atoms with Crippen LogP contribution in [0.25, 0.3) is 32.9 Å².